The molecule has 0 fully saturated rings. The lowest BCUT2D eigenvalue weighted by Crippen LogP contribution is -2.26. The Labute approximate surface area is 173 Å². The molecule has 0 radical (unpaired) electrons. The lowest BCUT2D eigenvalue weighted by Gasteiger charge is -2.12. The minimum atomic E-state index is -3.64. The van der Waals surface area contributed by atoms with Crippen LogP contribution in [0.15, 0.2) is 51.6 Å². The topological polar surface area (TPSA) is 90.7 Å². The molecule has 0 spiro atoms. The fraction of sp³-hybridized carbons (Fsp3) is 0.263. The normalized spacial score (nSPS) is 11.6. The monoisotopic (exact) mass is 435 g/mol. The predicted molar refractivity (Wildman–Crippen MR) is 111 cm³/mol. The van der Waals surface area contributed by atoms with Crippen LogP contribution >= 0.6 is 11.3 Å². The van der Waals surface area contributed by atoms with Gasteiger partial charge < -0.3 is 14.0 Å². The zero-order valence-electron chi connectivity index (χ0n) is 16.4. The third kappa shape index (κ3) is 4.19. The second-order valence-electron chi connectivity index (χ2n) is 6.30. The van der Waals surface area contributed by atoms with Gasteiger partial charge in [-0.05, 0) is 18.2 Å². The number of hydrogen-bond acceptors (Lipinski definition) is 7. The lowest BCUT2D eigenvalue weighted by atomic mass is 10.2. The molecule has 3 rings (SSSR count). The van der Waals surface area contributed by atoms with Crippen molar-refractivity contribution in [3.63, 3.8) is 0 Å². The number of aromatic nitrogens is 2. The van der Waals surface area contributed by atoms with Gasteiger partial charge in [-0.25, -0.2) is 17.7 Å². The second-order valence-corrected chi connectivity index (χ2v) is 9.31. The van der Waals surface area contributed by atoms with E-state index in [-0.39, 0.29) is 17.0 Å². The van der Waals surface area contributed by atoms with Crippen LogP contribution in [0.25, 0.3) is 10.6 Å². The molecule has 0 saturated heterocycles. The van der Waals surface area contributed by atoms with Gasteiger partial charge in [0, 0.05) is 31.7 Å². The second kappa shape index (κ2) is 8.36. The Hall–Kier alpha value is -2.69. The summed E-state index contributed by atoms with van der Waals surface area (Å²) in [5.74, 6) is 1.17. The minimum absolute atomic E-state index is 0.0482. The number of methoxy groups -OCH3 is 2. The van der Waals surface area contributed by atoms with Gasteiger partial charge in [-0.2, -0.15) is 0 Å². The van der Waals surface area contributed by atoms with Crippen molar-refractivity contribution >= 4 is 21.4 Å². The molecule has 3 aromatic rings. The maximum atomic E-state index is 12.3. The fourth-order valence-electron chi connectivity index (χ4n) is 2.73. The van der Waals surface area contributed by atoms with Gasteiger partial charge in [-0.15, -0.1) is 11.3 Å². The molecule has 154 valence electrons. The number of rotatable bonds is 7. The summed E-state index contributed by atoms with van der Waals surface area (Å²) in [4.78, 5) is 16.9. The van der Waals surface area contributed by atoms with Gasteiger partial charge in [0.2, 0.25) is 10.0 Å². The van der Waals surface area contributed by atoms with Crippen molar-refractivity contribution in [1.82, 2.24) is 13.9 Å². The first-order valence-corrected chi connectivity index (χ1v) is 10.9. The third-order valence-corrected chi connectivity index (χ3v) is 6.98. The Kier molecular flexibility index (Phi) is 6.06. The summed E-state index contributed by atoms with van der Waals surface area (Å²) in [6.45, 7) is 0.151. The fourth-order valence-corrected chi connectivity index (χ4v) is 4.48. The van der Waals surface area contributed by atoms with E-state index in [1.807, 2.05) is 17.5 Å². The Morgan fingerprint density at radius 2 is 1.90 bits per heavy atom. The maximum Gasteiger partial charge on any atom is 0.250 e. The molecule has 10 heteroatoms. The van der Waals surface area contributed by atoms with Gasteiger partial charge in [0.1, 0.15) is 5.01 Å². The SMILES string of the molecule is COc1cccc(-c2nc(Cn3cc(S(=O)(=O)N(C)C)ccc3=O)cs2)c1OC. The Morgan fingerprint density at radius 3 is 2.55 bits per heavy atom. The van der Waals surface area contributed by atoms with E-state index in [0.29, 0.717) is 22.2 Å². The highest BCUT2D eigenvalue weighted by atomic mass is 32.2. The molecule has 0 unspecified atom stereocenters. The van der Waals surface area contributed by atoms with Crippen LogP contribution in [0.3, 0.4) is 0 Å². The largest absolute Gasteiger partial charge is 0.493 e. The number of nitrogens with zero attached hydrogens (tertiary/aromatic N) is 3. The lowest BCUT2D eigenvalue weighted by molar-refractivity contribution is 0.356. The summed E-state index contributed by atoms with van der Waals surface area (Å²) < 4.78 is 37.9. The van der Waals surface area contributed by atoms with Crippen molar-refractivity contribution in [2.45, 2.75) is 11.4 Å². The van der Waals surface area contributed by atoms with Crippen molar-refractivity contribution in [2.24, 2.45) is 0 Å². The molecule has 0 N–H and O–H groups in total. The third-order valence-electron chi connectivity index (χ3n) is 4.25. The number of hydrogen-bond donors (Lipinski definition) is 0. The van der Waals surface area contributed by atoms with Crippen LogP contribution in [0, 0.1) is 0 Å². The standard InChI is InChI=1S/C19H21N3O5S2/c1-21(2)29(24,25)14-8-9-17(23)22(11-14)10-13-12-28-19(20-13)15-6-5-7-16(26-3)18(15)27-4/h5-9,11-12H,10H2,1-4H3. The molecule has 0 aliphatic carbocycles. The first kappa shape index (κ1) is 21.0. The zero-order valence-corrected chi connectivity index (χ0v) is 18.1. The molecule has 0 atom stereocenters. The van der Waals surface area contributed by atoms with E-state index < -0.39 is 10.0 Å². The van der Waals surface area contributed by atoms with Gasteiger partial charge in [-0.3, -0.25) is 4.79 Å². The maximum absolute atomic E-state index is 12.3. The zero-order chi connectivity index (χ0) is 21.2. The molecule has 0 aliphatic heterocycles. The minimum Gasteiger partial charge on any atom is -0.493 e. The van der Waals surface area contributed by atoms with Crippen molar-refractivity contribution in [3.05, 3.63) is 58.0 Å². The van der Waals surface area contributed by atoms with Crippen LogP contribution in [0.5, 0.6) is 11.5 Å². The summed E-state index contributed by atoms with van der Waals surface area (Å²) in [5.41, 5.74) is 1.10. The van der Waals surface area contributed by atoms with E-state index in [1.165, 1.54) is 48.3 Å². The van der Waals surface area contributed by atoms with E-state index in [1.54, 1.807) is 20.3 Å². The molecule has 29 heavy (non-hydrogen) atoms. The smallest absolute Gasteiger partial charge is 0.250 e. The van der Waals surface area contributed by atoms with Gasteiger partial charge in [-0.1, -0.05) is 6.07 Å². The summed E-state index contributed by atoms with van der Waals surface area (Å²) in [7, 11) is 2.38. The Bertz CT molecular complexity index is 1180. The first-order chi connectivity index (χ1) is 13.8. The average molecular weight is 436 g/mol. The van der Waals surface area contributed by atoms with Crippen molar-refractivity contribution < 1.29 is 17.9 Å². The van der Waals surface area contributed by atoms with Crippen molar-refractivity contribution in [3.8, 4) is 22.1 Å². The summed E-state index contributed by atoms with van der Waals surface area (Å²) in [5, 5.41) is 2.54. The van der Waals surface area contributed by atoms with Gasteiger partial charge in [0.25, 0.3) is 5.56 Å². The van der Waals surface area contributed by atoms with Crippen molar-refractivity contribution in [2.75, 3.05) is 28.3 Å². The molecule has 0 amide bonds. The van der Waals surface area contributed by atoms with Crippen LogP contribution in [0.4, 0.5) is 0 Å². The molecule has 0 saturated carbocycles. The molecule has 1 aromatic carbocycles. The van der Waals surface area contributed by atoms with E-state index in [0.717, 1.165) is 9.87 Å². The molecule has 0 bridgehead atoms. The van der Waals surface area contributed by atoms with Gasteiger partial charge in [0.05, 0.1) is 36.9 Å². The van der Waals surface area contributed by atoms with Crippen LogP contribution in [-0.4, -0.2) is 50.6 Å². The summed E-state index contributed by atoms with van der Waals surface area (Å²) in [6.07, 6.45) is 1.34. The number of pyridine rings is 1. The molecule has 2 aromatic heterocycles. The molecular weight excluding hydrogens is 414 g/mol. The average Bonchev–Trinajstić information content (AvgIpc) is 3.17. The highest BCUT2D eigenvalue weighted by molar-refractivity contribution is 7.89. The summed E-state index contributed by atoms with van der Waals surface area (Å²) >= 11 is 1.40. The molecular formula is C19H21N3O5S2. The Morgan fingerprint density at radius 1 is 1.14 bits per heavy atom. The van der Waals surface area contributed by atoms with Gasteiger partial charge in [0.15, 0.2) is 11.5 Å². The summed E-state index contributed by atoms with van der Waals surface area (Å²) in [6, 6.07) is 8.07. The van der Waals surface area contributed by atoms with E-state index in [9.17, 15) is 13.2 Å². The number of thiazole rings is 1. The van der Waals surface area contributed by atoms with Crippen LogP contribution in [-0.2, 0) is 16.6 Å². The highest BCUT2D eigenvalue weighted by Gasteiger charge is 2.19. The van der Waals surface area contributed by atoms with Crippen LogP contribution < -0.4 is 15.0 Å². The number of sulfonamides is 1. The van der Waals surface area contributed by atoms with E-state index in [2.05, 4.69) is 4.98 Å². The van der Waals surface area contributed by atoms with Crippen molar-refractivity contribution in [1.29, 1.82) is 0 Å². The quantitative estimate of drug-likeness (QED) is 0.566. The predicted octanol–water partition coefficient (Wildman–Crippen LogP) is 2.29. The molecule has 2 heterocycles. The number of ether oxygens (including phenoxy) is 2. The van der Waals surface area contributed by atoms with Crippen LogP contribution in [0.2, 0.25) is 0 Å². The molecule has 0 aliphatic rings. The van der Waals surface area contributed by atoms with Gasteiger partial charge >= 0.3 is 0 Å². The van der Waals surface area contributed by atoms with E-state index in [4.69, 9.17) is 9.47 Å². The highest BCUT2D eigenvalue weighted by Crippen LogP contribution is 2.39. The first-order valence-electron chi connectivity index (χ1n) is 8.56. The number of benzene rings is 1. The van der Waals surface area contributed by atoms with E-state index >= 15 is 0 Å². The Balaban J connectivity index is 1.95. The number of para-hydroxylation sites is 1. The van der Waals surface area contributed by atoms with Crippen LogP contribution in [0.1, 0.15) is 5.69 Å². The molecule has 8 nitrogen and oxygen atoms in total.